The Hall–Kier alpha value is -1.52. The fraction of sp³-hybridized carbons (Fsp3) is 0.875. The highest BCUT2D eigenvalue weighted by molar-refractivity contribution is 5.85. The monoisotopic (exact) mass is 510 g/mol. The summed E-state index contributed by atoms with van der Waals surface area (Å²) in [6.45, 7) is 17.0. The number of hydrogen-bond acceptors (Lipinski definition) is 5. The van der Waals surface area contributed by atoms with Crippen LogP contribution in [0.5, 0.6) is 0 Å². The van der Waals surface area contributed by atoms with Crippen LogP contribution in [0.15, 0.2) is 21.9 Å². The number of rotatable bonds is 5. The average molecular weight is 511 g/mol. The summed E-state index contributed by atoms with van der Waals surface area (Å²) in [7, 11) is 1.47. The lowest BCUT2D eigenvalue weighted by Gasteiger charge is -2.63. The minimum atomic E-state index is -0.616. The molecule has 5 aliphatic rings. The number of ketones is 1. The molecule has 206 valence electrons. The molecule has 0 saturated heterocycles. The van der Waals surface area contributed by atoms with Gasteiger partial charge in [0, 0.05) is 11.8 Å². The summed E-state index contributed by atoms with van der Waals surface area (Å²) < 4.78 is 5.10. The molecule has 9 atom stereocenters. The molecule has 9 unspecified atom stereocenters. The molecule has 1 aliphatic heterocycles. The standard InChI is InChI=1S/C32H50N2O3/c1-20(9-12-25-30(5,19-33-34-25)27(36)37-8)21-13-17-32(7)23-10-11-24-28(2,3)26(35)15-16-29(24,4)22(23)14-18-31(21,32)6/h10,20-22,24-25H,9,11-19H2,1-8H3. The molecule has 5 nitrogen and oxygen atoms in total. The molecule has 0 amide bonds. The molecule has 0 N–H and O–H groups in total. The van der Waals surface area contributed by atoms with Crippen molar-refractivity contribution in [2.45, 2.75) is 112 Å². The third kappa shape index (κ3) is 3.60. The normalized spacial score (nSPS) is 47.0. The van der Waals surface area contributed by atoms with Crippen molar-refractivity contribution in [3.63, 3.8) is 0 Å². The van der Waals surface area contributed by atoms with Gasteiger partial charge in [0.25, 0.3) is 0 Å². The number of ether oxygens (including phenoxy) is 1. The summed E-state index contributed by atoms with van der Waals surface area (Å²) in [6, 6.07) is -0.0750. The number of Topliss-reactive ketones (excluding diaryl/α,β-unsaturated/α-hetero) is 1. The van der Waals surface area contributed by atoms with Crippen molar-refractivity contribution in [2.24, 2.45) is 61.0 Å². The van der Waals surface area contributed by atoms with Crippen LogP contribution in [0.25, 0.3) is 0 Å². The number of nitrogens with zero attached hydrogens (tertiary/aromatic N) is 2. The quantitative estimate of drug-likeness (QED) is 0.283. The Balaban J connectivity index is 1.35. The number of fused-ring (bicyclic) bond motifs is 5. The zero-order valence-corrected chi connectivity index (χ0v) is 24.7. The fourth-order valence-corrected chi connectivity index (χ4v) is 10.4. The molecule has 0 spiro atoms. The van der Waals surface area contributed by atoms with Gasteiger partial charge in [0.1, 0.15) is 11.2 Å². The zero-order valence-electron chi connectivity index (χ0n) is 24.7. The van der Waals surface area contributed by atoms with Crippen molar-refractivity contribution in [1.29, 1.82) is 0 Å². The Morgan fingerprint density at radius 3 is 2.54 bits per heavy atom. The van der Waals surface area contributed by atoms with E-state index in [1.165, 1.54) is 32.8 Å². The lowest BCUT2D eigenvalue weighted by molar-refractivity contribution is -0.151. The molecule has 5 heteroatoms. The van der Waals surface area contributed by atoms with Gasteiger partial charge in [0.2, 0.25) is 0 Å². The van der Waals surface area contributed by atoms with Gasteiger partial charge in [-0.1, -0.05) is 53.2 Å². The molecule has 3 saturated carbocycles. The molecule has 1 heterocycles. The van der Waals surface area contributed by atoms with Crippen LogP contribution < -0.4 is 0 Å². The fourth-order valence-electron chi connectivity index (χ4n) is 10.4. The first-order valence-electron chi connectivity index (χ1n) is 14.9. The van der Waals surface area contributed by atoms with Crippen LogP contribution in [-0.2, 0) is 14.3 Å². The third-order valence-corrected chi connectivity index (χ3v) is 13.2. The van der Waals surface area contributed by atoms with Crippen LogP contribution in [0.3, 0.4) is 0 Å². The van der Waals surface area contributed by atoms with E-state index >= 15 is 0 Å². The Morgan fingerprint density at radius 2 is 1.84 bits per heavy atom. The van der Waals surface area contributed by atoms with E-state index in [9.17, 15) is 9.59 Å². The summed E-state index contributed by atoms with van der Waals surface area (Å²) in [4.78, 5) is 25.4. The Labute approximate surface area is 224 Å². The lowest BCUT2D eigenvalue weighted by Crippen LogP contribution is -2.57. The first kappa shape index (κ1) is 27.1. The number of methoxy groups -OCH3 is 1. The van der Waals surface area contributed by atoms with Crippen LogP contribution in [0, 0.1) is 50.7 Å². The summed E-state index contributed by atoms with van der Waals surface area (Å²) in [6.07, 6.45) is 12.5. The van der Waals surface area contributed by atoms with Crippen LogP contribution in [0.1, 0.15) is 106 Å². The molecule has 0 aromatic carbocycles. The molecule has 0 bridgehead atoms. The molecule has 5 rings (SSSR count). The molecule has 0 radical (unpaired) electrons. The molecular formula is C32H50N2O3. The molecular weight excluding hydrogens is 460 g/mol. The minimum absolute atomic E-state index is 0.0750. The third-order valence-electron chi connectivity index (χ3n) is 13.2. The van der Waals surface area contributed by atoms with E-state index in [1.807, 2.05) is 6.92 Å². The van der Waals surface area contributed by atoms with Gasteiger partial charge >= 0.3 is 5.97 Å². The number of allylic oxidation sites excluding steroid dienone is 2. The number of carbonyl (C=O) groups excluding carboxylic acids is 2. The van der Waals surface area contributed by atoms with Gasteiger partial charge in [-0.2, -0.15) is 10.2 Å². The van der Waals surface area contributed by atoms with E-state index in [0.29, 0.717) is 41.4 Å². The maximum absolute atomic E-state index is 12.9. The number of esters is 1. The van der Waals surface area contributed by atoms with Crippen molar-refractivity contribution in [2.75, 3.05) is 13.7 Å². The Bertz CT molecular complexity index is 1030. The summed E-state index contributed by atoms with van der Waals surface area (Å²) in [5, 5.41) is 8.72. The van der Waals surface area contributed by atoms with Gasteiger partial charge in [-0.3, -0.25) is 9.59 Å². The SMILES string of the molecule is COC(=O)C1(C)CN=NC1CCC(C)C1CCC2(C)C3=CCC4C(C)(C)C(=O)CCC4(C)C3CCC12C. The Morgan fingerprint density at radius 1 is 1.11 bits per heavy atom. The van der Waals surface area contributed by atoms with Gasteiger partial charge in [-0.05, 0) is 98.2 Å². The highest BCUT2D eigenvalue weighted by Gasteiger charge is 2.65. The zero-order chi connectivity index (χ0) is 27.0. The summed E-state index contributed by atoms with van der Waals surface area (Å²) in [5.41, 5.74) is 1.68. The average Bonchev–Trinajstić information content (AvgIpc) is 3.37. The van der Waals surface area contributed by atoms with Crippen LogP contribution in [0.2, 0.25) is 0 Å². The largest absolute Gasteiger partial charge is 0.468 e. The Kier molecular flexibility index (Phi) is 6.40. The smallest absolute Gasteiger partial charge is 0.315 e. The molecule has 0 aromatic rings. The van der Waals surface area contributed by atoms with E-state index in [0.717, 1.165) is 32.1 Å². The number of azo groups is 1. The first-order valence-corrected chi connectivity index (χ1v) is 14.9. The van der Waals surface area contributed by atoms with Crippen molar-refractivity contribution in [1.82, 2.24) is 0 Å². The second-order valence-electron chi connectivity index (χ2n) is 15.0. The number of carbonyl (C=O) groups is 2. The maximum Gasteiger partial charge on any atom is 0.315 e. The topological polar surface area (TPSA) is 68.1 Å². The van der Waals surface area contributed by atoms with Crippen LogP contribution in [0.4, 0.5) is 0 Å². The van der Waals surface area contributed by atoms with Crippen molar-refractivity contribution < 1.29 is 14.3 Å². The van der Waals surface area contributed by atoms with E-state index in [1.54, 1.807) is 5.57 Å². The van der Waals surface area contributed by atoms with Gasteiger partial charge < -0.3 is 4.74 Å². The van der Waals surface area contributed by atoms with Crippen molar-refractivity contribution >= 4 is 11.8 Å². The van der Waals surface area contributed by atoms with Gasteiger partial charge in [-0.25, -0.2) is 0 Å². The molecule has 3 fully saturated rings. The highest BCUT2D eigenvalue weighted by Crippen LogP contribution is 2.73. The predicted molar refractivity (Wildman–Crippen MR) is 146 cm³/mol. The van der Waals surface area contributed by atoms with Crippen LogP contribution in [-0.4, -0.2) is 31.4 Å². The van der Waals surface area contributed by atoms with Gasteiger partial charge in [0.15, 0.2) is 0 Å². The molecule has 4 aliphatic carbocycles. The van der Waals surface area contributed by atoms with E-state index in [-0.39, 0.29) is 28.3 Å². The lowest BCUT2D eigenvalue weighted by atomic mass is 9.41. The molecule has 0 aromatic heterocycles. The summed E-state index contributed by atoms with van der Waals surface area (Å²) >= 11 is 0. The summed E-state index contributed by atoms with van der Waals surface area (Å²) in [5.74, 6) is 2.63. The second-order valence-corrected chi connectivity index (χ2v) is 15.0. The van der Waals surface area contributed by atoms with Gasteiger partial charge in [-0.15, -0.1) is 0 Å². The number of hydrogen-bond donors (Lipinski definition) is 0. The van der Waals surface area contributed by atoms with Crippen LogP contribution >= 0.6 is 0 Å². The van der Waals surface area contributed by atoms with Gasteiger partial charge in [0.05, 0.1) is 19.7 Å². The predicted octanol–water partition coefficient (Wildman–Crippen LogP) is 7.59. The minimum Gasteiger partial charge on any atom is -0.468 e. The maximum atomic E-state index is 12.9. The second kappa shape index (κ2) is 8.74. The van der Waals surface area contributed by atoms with E-state index in [2.05, 4.69) is 57.8 Å². The van der Waals surface area contributed by atoms with Crippen molar-refractivity contribution in [3.05, 3.63) is 11.6 Å². The van der Waals surface area contributed by atoms with E-state index in [4.69, 9.17) is 4.74 Å². The van der Waals surface area contributed by atoms with E-state index < -0.39 is 5.41 Å². The van der Waals surface area contributed by atoms with Crippen molar-refractivity contribution in [3.8, 4) is 0 Å². The molecule has 37 heavy (non-hydrogen) atoms. The highest BCUT2D eigenvalue weighted by atomic mass is 16.5. The first-order chi connectivity index (χ1) is 17.3.